The van der Waals surface area contributed by atoms with Crippen LogP contribution in [0.15, 0.2) is 12.4 Å². The van der Waals surface area contributed by atoms with E-state index in [1.165, 1.54) is 25.5 Å². The number of nitrogens with one attached hydrogen (secondary N) is 1. The molecule has 1 aromatic rings. The molecule has 2 rings (SSSR count). The van der Waals surface area contributed by atoms with Gasteiger partial charge in [0, 0.05) is 12.7 Å². The minimum atomic E-state index is -0.369. The molecule has 0 spiro atoms. The molecule has 1 aromatic heterocycles. The van der Waals surface area contributed by atoms with Crippen LogP contribution in [-0.2, 0) is 9.53 Å². The second-order valence-electron chi connectivity index (χ2n) is 5.78. The van der Waals surface area contributed by atoms with Crippen LogP contribution in [0.4, 0.5) is 0 Å². The highest BCUT2D eigenvalue weighted by Crippen LogP contribution is 2.25. The molecule has 1 aliphatic rings. The van der Waals surface area contributed by atoms with Crippen molar-refractivity contribution in [3.05, 3.63) is 17.4 Å². The van der Waals surface area contributed by atoms with Gasteiger partial charge in [0.25, 0.3) is 0 Å². The molecule has 1 heterocycles. The summed E-state index contributed by atoms with van der Waals surface area (Å²) in [4.78, 5) is 12.0. The molecular weight excluding hydrogens is 290 g/mol. The largest absolute Gasteiger partial charge is 0.376 e. The third-order valence-electron chi connectivity index (χ3n) is 4.11. The van der Waals surface area contributed by atoms with Gasteiger partial charge in [0.05, 0.1) is 23.9 Å². The lowest BCUT2D eigenvalue weighted by atomic mass is 9.88. The second-order valence-corrected chi connectivity index (χ2v) is 6.21. The summed E-state index contributed by atoms with van der Waals surface area (Å²) in [7, 11) is 0. The van der Waals surface area contributed by atoms with E-state index < -0.39 is 0 Å². The molecule has 6 heteroatoms. The fourth-order valence-corrected chi connectivity index (χ4v) is 2.85. The van der Waals surface area contributed by atoms with Gasteiger partial charge in [-0.25, -0.2) is 0 Å². The Balaban J connectivity index is 1.67. The highest BCUT2D eigenvalue weighted by molar-refractivity contribution is 6.30. The summed E-state index contributed by atoms with van der Waals surface area (Å²) in [6, 6.07) is -0.369. The topological polar surface area (TPSA) is 56.1 Å². The molecule has 1 saturated carbocycles. The highest BCUT2D eigenvalue weighted by atomic mass is 35.5. The summed E-state index contributed by atoms with van der Waals surface area (Å²) >= 11 is 5.80. The van der Waals surface area contributed by atoms with Gasteiger partial charge in [-0.15, -0.1) is 0 Å². The van der Waals surface area contributed by atoms with E-state index in [1.54, 1.807) is 17.8 Å². The first-order valence-corrected chi connectivity index (χ1v) is 8.04. The van der Waals surface area contributed by atoms with Crippen molar-refractivity contribution < 1.29 is 9.53 Å². The SMILES string of the molecule is CC1CCCCC1OCCNC(=O)C(C)n1cc(Cl)cn1. The Morgan fingerprint density at radius 3 is 3.00 bits per heavy atom. The molecule has 1 amide bonds. The van der Waals surface area contributed by atoms with Crippen molar-refractivity contribution in [1.29, 1.82) is 0 Å². The molecule has 0 aliphatic heterocycles. The van der Waals surface area contributed by atoms with E-state index in [9.17, 15) is 4.79 Å². The molecule has 3 unspecified atom stereocenters. The molecule has 0 saturated heterocycles. The quantitative estimate of drug-likeness (QED) is 0.822. The van der Waals surface area contributed by atoms with Gasteiger partial charge in [0.2, 0.25) is 5.91 Å². The monoisotopic (exact) mass is 313 g/mol. The number of hydrogen-bond donors (Lipinski definition) is 1. The van der Waals surface area contributed by atoms with Crippen molar-refractivity contribution in [1.82, 2.24) is 15.1 Å². The van der Waals surface area contributed by atoms with Crippen LogP contribution in [0.3, 0.4) is 0 Å². The zero-order chi connectivity index (χ0) is 15.2. The number of nitrogens with zero attached hydrogens (tertiary/aromatic N) is 2. The Bertz CT molecular complexity index is 464. The highest BCUT2D eigenvalue weighted by Gasteiger charge is 2.21. The van der Waals surface area contributed by atoms with Crippen molar-refractivity contribution in [2.75, 3.05) is 13.2 Å². The second kappa shape index (κ2) is 7.80. The fourth-order valence-electron chi connectivity index (χ4n) is 2.71. The normalized spacial score (nSPS) is 23.8. The zero-order valence-corrected chi connectivity index (χ0v) is 13.5. The zero-order valence-electron chi connectivity index (χ0n) is 12.7. The van der Waals surface area contributed by atoms with Gasteiger partial charge >= 0.3 is 0 Å². The number of ether oxygens (including phenoxy) is 1. The maximum absolute atomic E-state index is 12.0. The van der Waals surface area contributed by atoms with Gasteiger partial charge in [-0.2, -0.15) is 5.10 Å². The molecule has 1 N–H and O–H groups in total. The first-order valence-electron chi connectivity index (χ1n) is 7.67. The molecule has 0 bridgehead atoms. The van der Waals surface area contributed by atoms with E-state index in [-0.39, 0.29) is 11.9 Å². The van der Waals surface area contributed by atoms with Crippen molar-refractivity contribution >= 4 is 17.5 Å². The average Bonchev–Trinajstić information content (AvgIpc) is 2.91. The minimum Gasteiger partial charge on any atom is -0.376 e. The van der Waals surface area contributed by atoms with Crippen molar-refractivity contribution in [2.24, 2.45) is 5.92 Å². The average molecular weight is 314 g/mol. The molecule has 3 atom stereocenters. The van der Waals surface area contributed by atoms with Crippen LogP contribution in [0.25, 0.3) is 0 Å². The van der Waals surface area contributed by atoms with Crippen LogP contribution in [0, 0.1) is 5.92 Å². The summed E-state index contributed by atoms with van der Waals surface area (Å²) in [6.07, 6.45) is 8.45. The summed E-state index contributed by atoms with van der Waals surface area (Å²) < 4.78 is 7.43. The first-order chi connectivity index (χ1) is 10.1. The molecule has 1 fully saturated rings. The van der Waals surface area contributed by atoms with E-state index >= 15 is 0 Å². The Morgan fingerprint density at radius 1 is 1.57 bits per heavy atom. The predicted octanol–water partition coefficient (Wildman–Crippen LogP) is 2.81. The number of halogens is 1. The van der Waals surface area contributed by atoms with E-state index in [4.69, 9.17) is 16.3 Å². The summed E-state index contributed by atoms with van der Waals surface area (Å²) in [6.45, 7) is 5.13. The fraction of sp³-hybridized carbons (Fsp3) is 0.733. The van der Waals surface area contributed by atoms with E-state index in [0.717, 1.165) is 6.42 Å². The van der Waals surface area contributed by atoms with Crippen molar-refractivity contribution in [3.63, 3.8) is 0 Å². The Morgan fingerprint density at radius 2 is 2.33 bits per heavy atom. The van der Waals surface area contributed by atoms with Gasteiger partial charge in [0.15, 0.2) is 0 Å². The van der Waals surface area contributed by atoms with Gasteiger partial charge < -0.3 is 10.1 Å². The predicted molar refractivity (Wildman–Crippen MR) is 82.3 cm³/mol. The van der Waals surface area contributed by atoms with E-state index in [0.29, 0.717) is 30.2 Å². The molecule has 1 aliphatic carbocycles. The number of rotatable bonds is 6. The van der Waals surface area contributed by atoms with Crippen LogP contribution in [0.2, 0.25) is 5.02 Å². The maximum Gasteiger partial charge on any atom is 0.244 e. The third kappa shape index (κ3) is 4.71. The number of hydrogen-bond acceptors (Lipinski definition) is 3. The van der Waals surface area contributed by atoms with Gasteiger partial charge in [0.1, 0.15) is 6.04 Å². The molecule has 0 radical (unpaired) electrons. The third-order valence-corrected chi connectivity index (χ3v) is 4.31. The standard InChI is InChI=1S/C15H24ClN3O2/c1-11-5-3-4-6-14(11)21-8-7-17-15(20)12(2)19-10-13(16)9-18-19/h9-12,14H,3-8H2,1-2H3,(H,17,20). The Kier molecular flexibility index (Phi) is 6.06. The lowest BCUT2D eigenvalue weighted by molar-refractivity contribution is -0.124. The Hall–Kier alpha value is -1.07. The van der Waals surface area contributed by atoms with Gasteiger partial charge in [-0.3, -0.25) is 9.48 Å². The minimum absolute atomic E-state index is 0.0740. The molecule has 5 nitrogen and oxygen atoms in total. The van der Waals surface area contributed by atoms with Crippen LogP contribution in [0.1, 0.15) is 45.6 Å². The number of carbonyl (C=O) groups excluding carboxylic acids is 1. The van der Waals surface area contributed by atoms with Gasteiger partial charge in [-0.1, -0.05) is 31.4 Å². The first kappa shape index (κ1) is 16.3. The Labute approximate surface area is 131 Å². The number of amides is 1. The summed E-state index contributed by atoms with van der Waals surface area (Å²) in [5.74, 6) is 0.551. The van der Waals surface area contributed by atoms with E-state index in [2.05, 4.69) is 17.3 Å². The lowest BCUT2D eigenvalue weighted by Gasteiger charge is -2.28. The smallest absolute Gasteiger partial charge is 0.244 e. The van der Waals surface area contributed by atoms with Crippen LogP contribution < -0.4 is 5.32 Å². The summed E-state index contributed by atoms with van der Waals surface area (Å²) in [5, 5.41) is 7.45. The lowest BCUT2D eigenvalue weighted by Crippen LogP contribution is -2.35. The number of aromatic nitrogens is 2. The van der Waals surface area contributed by atoms with Gasteiger partial charge in [-0.05, 0) is 25.7 Å². The molecule has 21 heavy (non-hydrogen) atoms. The van der Waals surface area contributed by atoms with Crippen molar-refractivity contribution in [3.8, 4) is 0 Å². The molecular formula is C15H24ClN3O2. The van der Waals surface area contributed by atoms with Crippen LogP contribution in [0.5, 0.6) is 0 Å². The molecule has 118 valence electrons. The summed E-state index contributed by atoms with van der Waals surface area (Å²) in [5.41, 5.74) is 0. The van der Waals surface area contributed by atoms with E-state index in [1.807, 2.05) is 0 Å². The van der Waals surface area contributed by atoms with Crippen LogP contribution >= 0.6 is 11.6 Å². The van der Waals surface area contributed by atoms with Crippen molar-refractivity contribution in [2.45, 2.75) is 51.7 Å². The maximum atomic E-state index is 12.0. The number of carbonyl (C=O) groups is 1. The molecule has 0 aromatic carbocycles. The van der Waals surface area contributed by atoms with Crippen LogP contribution in [-0.4, -0.2) is 34.9 Å².